The van der Waals surface area contributed by atoms with Crippen molar-refractivity contribution in [1.82, 2.24) is 15.1 Å². The van der Waals surface area contributed by atoms with Gasteiger partial charge < -0.3 is 10.1 Å². The summed E-state index contributed by atoms with van der Waals surface area (Å²) < 4.78 is 8.29. The van der Waals surface area contributed by atoms with E-state index in [1.165, 1.54) is 11.1 Å². The summed E-state index contributed by atoms with van der Waals surface area (Å²) in [5, 5.41) is 7.87. The zero-order valence-electron chi connectivity index (χ0n) is 12.8. The van der Waals surface area contributed by atoms with Crippen molar-refractivity contribution >= 4 is 15.9 Å². The number of hydrogen-bond acceptors (Lipinski definition) is 3. The van der Waals surface area contributed by atoms with Crippen molar-refractivity contribution in [2.75, 3.05) is 13.7 Å². The van der Waals surface area contributed by atoms with Crippen LogP contribution < -0.4 is 10.1 Å². The van der Waals surface area contributed by atoms with Gasteiger partial charge in [-0.3, -0.25) is 4.68 Å². The number of aromatic nitrogens is 2. The molecule has 1 heterocycles. The van der Waals surface area contributed by atoms with Crippen LogP contribution in [-0.2, 0) is 13.5 Å². The summed E-state index contributed by atoms with van der Waals surface area (Å²) in [6.07, 6.45) is 5.99. The summed E-state index contributed by atoms with van der Waals surface area (Å²) in [7, 11) is 3.64. The van der Waals surface area contributed by atoms with Gasteiger partial charge >= 0.3 is 0 Å². The first-order chi connectivity index (χ1) is 10.1. The molecule has 0 fully saturated rings. The van der Waals surface area contributed by atoms with Crippen LogP contribution in [0.25, 0.3) is 0 Å². The molecule has 0 saturated heterocycles. The van der Waals surface area contributed by atoms with Gasteiger partial charge in [0.1, 0.15) is 5.75 Å². The number of ether oxygens (including phenoxy) is 1. The lowest BCUT2D eigenvalue weighted by Gasteiger charge is -2.20. The maximum Gasteiger partial charge on any atom is 0.119 e. The van der Waals surface area contributed by atoms with Crippen molar-refractivity contribution in [3.8, 4) is 5.75 Å². The lowest BCUT2D eigenvalue weighted by atomic mass is 10.00. The second kappa shape index (κ2) is 7.61. The van der Waals surface area contributed by atoms with Crippen LogP contribution in [0.5, 0.6) is 5.75 Å². The number of hydrogen-bond donors (Lipinski definition) is 1. The third kappa shape index (κ3) is 4.32. The van der Waals surface area contributed by atoms with Crippen molar-refractivity contribution in [2.45, 2.75) is 25.8 Å². The molecule has 1 aromatic carbocycles. The predicted molar refractivity (Wildman–Crippen MR) is 88.6 cm³/mol. The maximum absolute atomic E-state index is 5.35. The van der Waals surface area contributed by atoms with Crippen molar-refractivity contribution in [3.63, 3.8) is 0 Å². The fourth-order valence-electron chi connectivity index (χ4n) is 2.34. The predicted octanol–water partition coefficient (Wildman–Crippen LogP) is 3.47. The average molecular weight is 352 g/mol. The highest BCUT2D eigenvalue weighted by atomic mass is 79.9. The van der Waals surface area contributed by atoms with E-state index in [-0.39, 0.29) is 6.04 Å². The van der Waals surface area contributed by atoms with Gasteiger partial charge in [0.25, 0.3) is 0 Å². The monoisotopic (exact) mass is 351 g/mol. The van der Waals surface area contributed by atoms with Gasteiger partial charge in [-0.2, -0.15) is 5.10 Å². The van der Waals surface area contributed by atoms with Crippen LogP contribution in [0.1, 0.15) is 30.5 Å². The Morgan fingerprint density at radius 3 is 2.86 bits per heavy atom. The van der Waals surface area contributed by atoms with Crippen LogP contribution in [0.2, 0.25) is 0 Å². The number of nitrogens with one attached hydrogen (secondary N) is 1. The van der Waals surface area contributed by atoms with E-state index in [2.05, 4.69) is 45.5 Å². The summed E-state index contributed by atoms with van der Waals surface area (Å²) >= 11 is 3.65. The molecular weight excluding hydrogens is 330 g/mol. The summed E-state index contributed by atoms with van der Waals surface area (Å²) in [6, 6.07) is 6.33. The number of nitrogens with zero attached hydrogens (tertiary/aromatic N) is 2. The Labute approximate surface area is 134 Å². The van der Waals surface area contributed by atoms with Gasteiger partial charge in [0.15, 0.2) is 0 Å². The van der Waals surface area contributed by atoms with Crippen molar-refractivity contribution in [1.29, 1.82) is 0 Å². The van der Waals surface area contributed by atoms with Crippen LogP contribution in [0.4, 0.5) is 0 Å². The number of methoxy groups -OCH3 is 1. The molecule has 0 bridgehead atoms. The number of benzene rings is 1. The zero-order valence-corrected chi connectivity index (χ0v) is 14.4. The van der Waals surface area contributed by atoms with Crippen LogP contribution in [-0.4, -0.2) is 23.4 Å². The van der Waals surface area contributed by atoms with E-state index < -0.39 is 0 Å². The SMILES string of the molecule is CCCNC(Cc1cnn(C)c1)c1cc(OC)ccc1Br. The van der Waals surface area contributed by atoms with Gasteiger partial charge in [-0.15, -0.1) is 0 Å². The molecule has 21 heavy (non-hydrogen) atoms. The molecule has 1 unspecified atom stereocenters. The summed E-state index contributed by atoms with van der Waals surface area (Å²) in [6.45, 7) is 3.16. The van der Waals surface area contributed by atoms with Crippen molar-refractivity contribution in [2.24, 2.45) is 7.05 Å². The van der Waals surface area contributed by atoms with E-state index in [9.17, 15) is 0 Å². The molecule has 0 amide bonds. The molecule has 2 aromatic rings. The third-order valence-electron chi connectivity index (χ3n) is 3.42. The molecule has 1 N–H and O–H groups in total. The Hall–Kier alpha value is -1.33. The third-order valence-corrected chi connectivity index (χ3v) is 4.14. The molecule has 1 atom stereocenters. The number of rotatable bonds is 7. The van der Waals surface area contributed by atoms with Crippen molar-refractivity contribution in [3.05, 3.63) is 46.2 Å². The lowest BCUT2D eigenvalue weighted by Crippen LogP contribution is -2.24. The second-order valence-electron chi connectivity index (χ2n) is 5.12. The summed E-state index contributed by atoms with van der Waals surface area (Å²) in [5.41, 5.74) is 2.44. The Balaban J connectivity index is 2.26. The first kappa shape index (κ1) is 16.0. The second-order valence-corrected chi connectivity index (χ2v) is 5.97. The Morgan fingerprint density at radius 1 is 1.43 bits per heavy atom. The highest BCUT2D eigenvalue weighted by Crippen LogP contribution is 2.29. The maximum atomic E-state index is 5.35. The van der Waals surface area contributed by atoms with Gasteiger partial charge in [-0.1, -0.05) is 22.9 Å². The number of halogens is 1. The minimum atomic E-state index is 0.235. The summed E-state index contributed by atoms with van der Waals surface area (Å²) in [4.78, 5) is 0. The number of aryl methyl sites for hydroxylation is 1. The minimum Gasteiger partial charge on any atom is -0.497 e. The fraction of sp³-hybridized carbons (Fsp3) is 0.438. The van der Waals surface area contributed by atoms with Gasteiger partial charge in [0.05, 0.1) is 13.3 Å². The molecule has 0 aliphatic carbocycles. The first-order valence-electron chi connectivity index (χ1n) is 7.18. The fourth-order valence-corrected chi connectivity index (χ4v) is 2.86. The molecule has 0 radical (unpaired) electrons. The molecule has 1 aromatic heterocycles. The first-order valence-corrected chi connectivity index (χ1v) is 7.97. The van der Waals surface area contributed by atoms with E-state index in [0.29, 0.717) is 0 Å². The van der Waals surface area contributed by atoms with Gasteiger partial charge in [0.2, 0.25) is 0 Å². The van der Waals surface area contributed by atoms with E-state index in [1.807, 2.05) is 30.1 Å². The normalized spacial score (nSPS) is 12.4. The molecule has 114 valence electrons. The zero-order chi connectivity index (χ0) is 15.2. The topological polar surface area (TPSA) is 39.1 Å². The van der Waals surface area contributed by atoms with Gasteiger partial charge in [0, 0.05) is 23.8 Å². The Bertz CT molecular complexity index is 583. The quantitative estimate of drug-likeness (QED) is 0.829. The minimum absolute atomic E-state index is 0.235. The molecule has 0 aliphatic heterocycles. The molecule has 0 aliphatic rings. The smallest absolute Gasteiger partial charge is 0.119 e. The molecule has 5 heteroatoms. The lowest BCUT2D eigenvalue weighted by molar-refractivity contribution is 0.412. The summed E-state index contributed by atoms with van der Waals surface area (Å²) in [5.74, 6) is 0.877. The molecule has 2 rings (SSSR count). The average Bonchev–Trinajstić information content (AvgIpc) is 2.89. The molecule has 0 spiro atoms. The molecule has 0 saturated carbocycles. The largest absolute Gasteiger partial charge is 0.497 e. The standard InChI is InChI=1S/C16H22BrN3O/c1-4-7-18-16(8-12-10-19-20(2)11-12)14-9-13(21-3)5-6-15(14)17/h5-6,9-11,16,18H,4,7-8H2,1-3H3. The Kier molecular flexibility index (Phi) is 5.82. The van der Waals surface area contributed by atoms with Crippen LogP contribution in [0.15, 0.2) is 35.1 Å². The van der Waals surface area contributed by atoms with Crippen LogP contribution in [0, 0.1) is 0 Å². The Morgan fingerprint density at radius 2 is 2.24 bits per heavy atom. The highest BCUT2D eigenvalue weighted by Gasteiger charge is 2.16. The van der Waals surface area contributed by atoms with E-state index in [0.717, 1.165) is 29.6 Å². The van der Waals surface area contributed by atoms with E-state index >= 15 is 0 Å². The van der Waals surface area contributed by atoms with E-state index in [1.54, 1.807) is 7.11 Å². The molecular formula is C16H22BrN3O. The van der Waals surface area contributed by atoms with Gasteiger partial charge in [-0.25, -0.2) is 0 Å². The van der Waals surface area contributed by atoms with Crippen molar-refractivity contribution < 1.29 is 4.74 Å². The van der Waals surface area contributed by atoms with E-state index in [4.69, 9.17) is 4.74 Å². The molecule has 4 nitrogen and oxygen atoms in total. The highest BCUT2D eigenvalue weighted by molar-refractivity contribution is 9.10. The van der Waals surface area contributed by atoms with Crippen LogP contribution >= 0.6 is 15.9 Å². The van der Waals surface area contributed by atoms with Gasteiger partial charge in [-0.05, 0) is 48.7 Å². The van der Waals surface area contributed by atoms with Crippen LogP contribution in [0.3, 0.4) is 0 Å².